The summed E-state index contributed by atoms with van der Waals surface area (Å²) in [5, 5.41) is 1.57. The smallest absolute Gasteiger partial charge is 0.330 e. The van der Waals surface area contributed by atoms with E-state index in [2.05, 4.69) is 20.9 Å². The Balaban J connectivity index is 2.04. The predicted octanol–water partition coefficient (Wildman–Crippen LogP) is 3.74. The summed E-state index contributed by atoms with van der Waals surface area (Å²) < 4.78 is 6.31. The van der Waals surface area contributed by atoms with Gasteiger partial charge in [-0.2, -0.15) is 0 Å². The maximum Gasteiger partial charge on any atom is 0.330 e. The van der Waals surface area contributed by atoms with E-state index in [9.17, 15) is 4.79 Å². The SMILES string of the molecule is CN(Cc1nc(Br)sc1C1CCOCC1)OC(=O)C(C)(C)C. The minimum atomic E-state index is -0.513. The van der Waals surface area contributed by atoms with Gasteiger partial charge in [0, 0.05) is 25.1 Å². The molecule has 0 bridgehead atoms. The van der Waals surface area contributed by atoms with E-state index in [0.717, 1.165) is 35.7 Å². The maximum atomic E-state index is 11.9. The molecule has 1 aliphatic rings. The van der Waals surface area contributed by atoms with E-state index in [0.29, 0.717) is 12.5 Å². The van der Waals surface area contributed by atoms with Gasteiger partial charge >= 0.3 is 5.97 Å². The fourth-order valence-corrected chi connectivity index (χ4v) is 3.95. The number of hydrogen-bond acceptors (Lipinski definition) is 6. The van der Waals surface area contributed by atoms with Gasteiger partial charge in [0.05, 0.1) is 17.7 Å². The van der Waals surface area contributed by atoms with Gasteiger partial charge in [-0.25, -0.2) is 9.78 Å². The fourth-order valence-electron chi connectivity index (χ4n) is 2.25. The Hall–Kier alpha value is -0.500. The van der Waals surface area contributed by atoms with Gasteiger partial charge < -0.3 is 9.57 Å². The first-order valence-electron chi connectivity index (χ1n) is 7.43. The van der Waals surface area contributed by atoms with Crippen LogP contribution in [0.15, 0.2) is 3.92 Å². The molecule has 1 saturated heterocycles. The Morgan fingerprint density at radius 2 is 2.09 bits per heavy atom. The van der Waals surface area contributed by atoms with Crippen molar-refractivity contribution in [1.82, 2.24) is 10.0 Å². The van der Waals surface area contributed by atoms with Crippen LogP contribution < -0.4 is 0 Å². The number of carbonyl (C=O) groups excluding carboxylic acids is 1. The average molecular weight is 391 g/mol. The van der Waals surface area contributed by atoms with Crippen molar-refractivity contribution in [3.8, 4) is 0 Å². The van der Waals surface area contributed by atoms with Crippen LogP contribution in [-0.2, 0) is 20.9 Å². The summed E-state index contributed by atoms with van der Waals surface area (Å²) in [6.45, 7) is 7.63. The van der Waals surface area contributed by atoms with E-state index in [4.69, 9.17) is 9.57 Å². The van der Waals surface area contributed by atoms with Gasteiger partial charge in [-0.3, -0.25) is 0 Å². The van der Waals surface area contributed by atoms with Crippen molar-refractivity contribution in [2.24, 2.45) is 5.41 Å². The van der Waals surface area contributed by atoms with Crippen LogP contribution in [0.5, 0.6) is 0 Å². The monoisotopic (exact) mass is 390 g/mol. The molecular formula is C15H23BrN2O3S. The number of ether oxygens (including phenoxy) is 1. The molecule has 1 aromatic heterocycles. The molecule has 0 aliphatic carbocycles. The summed E-state index contributed by atoms with van der Waals surface area (Å²) in [6, 6.07) is 0. The van der Waals surface area contributed by atoms with Crippen molar-refractivity contribution in [2.45, 2.75) is 46.1 Å². The molecule has 2 rings (SSSR count). The Labute approximate surface area is 144 Å². The van der Waals surface area contributed by atoms with Crippen LogP contribution in [0.1, 0.15) is 50.1 Å². The molecule has 7 heteroatoms. The topological polar surface area (TPSA) is 51.7 Å². The fraction of sp³-hybridized carbons (Fsp3) is 0.733. The number of aromatic nitrogens is 1. The minimum Gasteiger partial charge on any atom is -0.381 e. The molecule has 124 valence electrons. The van der Waals surface area contributed by atoms with Crippen LogP contribution in [0.3, 0.4) is 0 Å². The second kappa shape index (κ2) is 7.38. The van der Waals surface area contributed by atoms with Crippen LogP contribution in [-0.4, -0.2) is 36.3 Å². The molecule has 0 spiro atoms. The van der Waals surface area contributed by atoms with Crippen molar-refractivity contribution < 1.29 is 14.4 Å². The molecule has 2 heterocycles. The van der Waals surface area contributed by atoms with Crippen molar-refractivity contribution in [3.05, 3.63) is 14.5 Å². The zero-order chi connectivity index (χ0) is 16.3. The lowest BCUT2D eigenvalue weighted by atomic mass is 9.97. The molecule has 0 unspecified atom stereocenters. The highest BCUT2D eigenvalue weighted by Gasteiger charge is 2.27. The zero-order valence-corrected chi connectivity index (χ0v) is 15.9. The Kier molecular flexibility index (Phi) is 5.99. The van der Waals surface area contributed by atoms with Crippen molar-refractivity contribution in [3.63, 3.8) is 0 Å². The first-order chi connectivity index (χ1) is 10.3. The second-order valence-corrected chi connectivity index (χ2v) is 8.89. The van der Waals surface area contributed by atoms with Crippen LogP contribution in [0, 0.1) is 5.41 Å². The molecule has 1 aromatic rings. The maximum absolute atomic E-state index is 11.9. The molecule has 0 amide bonds. The first kappa shape index (κ1) is 17.8. The number of halogens is 1. The summed E-state index contributed by atoms with van der Waals surface area (Å²) in [7, 11) is 1.77. The lowest BCUT2D eigenvalue weighted by Crippen LogP contribution is -2.31. The third kappa shape index (κ3) is 4.75. The summed E-state index contributed by atoms with van der Waals surface area (Å²) >= 11 is 5.14. The minimum absolute atomic E-state index is 0.239. The quantitative estimate of drug-likeness (QED) is 0.732. The van der Waals surface area contributed by atoms with Crippen molar-refractivity contribution >= 4 is 33.2 Å². The first-order valence-corrected chi connectivity index (χ1v) is 9.04. The standard InChI is InChI=1S/C15H23BrN2O3S/c1-15(2,3)13(19)21-18(4)9-11-12(22-14(16)17-11)10-5-7-20-8-6-10/h10H,5-9H2,1-4H3. The van der Waals surface area contributed by atoms with Gasteiger partial charge in [0.1, 0.15) is 0 Å². The molecule has 0 saturated carbocycles. The third-order valence-electron chi connectivity index (χ3n) is 3.52. The number of rotatable bonds is 4. The largest absolute Gasteiger partial charge is 0.381 e. The van der Waals surface area contributed by atoms with E-state index < -0.39 is 5.41 Å². The summed E-state index contributed by atoms with van der Waals surface area (Å²) in [5.41, 5.74) is 0.466. The van der Waals surface area contributed by atoms with Crippen LogP contribution >= 0.6 is 27.3 Å². The highest BCUT2D eigenvalue weighted by atomic mass is 79.9. The molecule has 22 heavy (non-hydrogen) atoms. The number of hydrogen-bond donors (Lipinski definition) is 0. The van der Waals surface area contributed by atoms with Gasteiger partial charge in [0.2, 0.25) is 0 Å². The summed E-state index contributed by atoms with van der Waals surface area (Å²) in [6.07, 6.45) is 2.04. The van der Waals surface area contributed by atoms with E-state index in [1.807, 2.05) is 20.8 Å². The lowest BCUT2D eigenvalue weighted by molar-refractivity contribution is -0.196. The Morgan fingerprint density at radius 3 is 2.68 bits per heavy atom. The normalized spacial score (nSPS) is 17.0. The predicted molar refractivity (Wildman–Crippen MR) is 89.6 cm³/mol. The molecule has 0 atom stereocenters. The summed E-state index contributed by atoms with van der Waals surface area (Å²) in [4.78, 5) is 23.2. The number of hydroxylamine groups is 2. The molecule has 5 nitrogen and oxygen atoms in total. The second-order valence-electron chi connectivity index (χ2n) is 6.58. The van der Waals surface area contributed by atoms with E-state index in [-0.39, 0.29) is 5.97 Å². The van der Waals surface area contributed by atoms with Crippen LogP contribution in [0.4, 0.5) is 0 Å². The van der Waals surface area contributed by atoms with Gasteiger partial charge in [-0.1, -0.05) is 0 Å². The van der Waals surface area contributed by atoms with Gasteiger partial charge in [-0.15, -0.1) is 16.4 Å². The van der Waals surface area contributed by atoms with E-state index in [1.165, 1.54) is 4.88 Å². The number of carbonyl (C=O) groups is 1. The highest BCUT2D eigenvalue weighted by Crippen LogP contribution is 2.36. The van der Waals surface area contributed by atoms with E-state index in [1.54, 1.807) is 23.4 Å². The molecular weight excluding hydrogens is 368 g/mol. The Morgan fingerprint density at radius 1 is 1.45 bits per heavy atom. The molecule has 1 aliphatic heterocycles. The summed E-state index contributed by atoms with van der Waals surface area (Å²) in [5.74, 6) is 0.246. The molecule has 0 aromatic carbocycles. The average Bonchev–Trinajstić information content (AvgIpc) is 2.79. The number of thiazole rings is 1. The molecule has 0 radical (unpaired) electrons. The van der Waals surface area contributed by atoms with Gasteiger partial charge in [0.15, 0.2) is 3.92 Å². The van der Waals surface area contributed by atoms with E-state index >= 15 is 0 Å². The Bertz CT molecular complexity index is 521. The van der Waals surface area contributed by atoms with Crippen molar-refractivity contribution in [1.29, 1.82) is 0 Å². The van der Waals surface area contributed by atoms with Crippen molar-refractivity contribution in [2.75, 3.05) is 20.3 Å². The van der Waals surface area contributed by atoms with Gasteiger partial charge in [0.25, 0.3) is 0 Å². The zero-order valence-electron chi connectivity index (χ0n) is 13.5. The van der Waals surface area contributed by atoms with Crippen LogP contribution in [0.2, 0.25) is 0 Å². The molecule has 0 N–H and O–H groups in total. The highest BCUT2D eigenvalue weighted by molar-refractivity contribution is 9.11. The van der Waals surface area contributed by atoms with Crippen LogP contribution in [0.25, 0.3) is 0 Å². The lowest BCUT2D eigenvalue weighted by Gasteiger charge is -2.24. The number of nitrogens with zero attached hydrogens (tertiary/aromatic N) is 2. The third-order valence-corrected chi connectivity index (χ3v) is 5.23. The molecule has 1 fully saturated rings. The van der Waals surface area contributed by atoms with Gasteiger partial charge in [-0.05, 0) is 55.5 Å².